The van der Waals surface area contributed by atoms with Crippen molar-refractivity contribution in [2.75, 3.05) is 13.2 Å². The first-order valence-corrected chi connectivity index (χ1v) is 7.19. The second kappa shape index (κ2) is 4.62. The molecular weight excluding hydrogens is 238 g/mol. The van der Waals surface area contributed by atoms with Gasteiger partial charge in [0.15, 0.2) is 0 Å². The van der Waals surface area contributed by atoms with E-state index in [0.29, 0.717) is 5.92 Å². The molecule has 1 aliphatic heterocycles. The largest absolute Gasteiger partial charge is 0.371 e. The molecule has 0 spiro atoms. The van der Waals surface area contributed by atoms with Crippen molar-refractivity contribution in [2.45, 2.75) is 31.4 Å². The van der Waals surface area contributed by atoms with E-state index in [2.05, 4.69) is 15.9 Å². The molecule has 0 aromatic carbocycles. The molecule has 2 aromatic rings. The Bertz CT molecular complexity index is 543. The van der Waals surface area contributed by atoms with Gasteiger partial charge in [-0.05, 0) is 31.4 Å². The Morgan fingerprint density at radius 3 is 3.11 bits per heavy atom. The summed E-state index contributed by atoms with van der Waals surface area (Å²) in [6.07, 6.45) is 8.12. The van der Waals surface area contributed by atoms with E-state index in [1.807, 2.05) is 24.4 Å². The van der Waals surface area contributed by atoms with Crippen LogP contribution in [-0.4, -0.2) is 28.6 Å². The summed E-state index contributed by atoms with van der Waals surface area (Å²) in [4.78, 5) is 4.70. The Labute approximate surface area is 112 Å². The van der Waals surface area contributed by atoms with Crippen LogP contribution in [-0.2, 0) is 4.74 Å². The van der Waals surface area contributed by atoms with E-state index in [1.54, 1.807) is 0 Å². The fourth-order valence-corrected chi connectivity index (χ4v) is 2.87. The minimum atomic E-state index is 0.158. The van der Waals surface area contributed by atoms with Gasteiger partial charge in [0.2, 0.25) is 0 Å². The zero-order chi connectivity index (χ0) is 12.7. The van der Waals surface area contributed by atoms with Gasteiger partial charge < -0.3 is 14.5 Å². The molecule has 4 rings (SSSR count). The number of nitrogens with zero attached hydrogens (tertiary/aromatic N) is 2. The maximum absolute atomic E-state index is 5.92. The van der Waals surface area contributed by atoms with Gasteiger partial charge in [-0.25, -0.2) is 4.98 Å². The van der Waals surface area contributed by atoms with Gasteiger partial charge in [0.05, 0.1) is 5.69 Å². The van der Waals surface area contributed by atoms with Crippen LogP contribution in [0.2, 0.25) is 0 Å². The van der Waals surface area contributed by atoms with Gasteiger partial charge in [-0.3, -0.25) is 0 Å². The Balaban J connectivity index is 1.55. The monoisotopic (exact) mass is 257 g/mol. The molecule has 1 saturated carbocycles. The molecule has 2 fully saturated rings. The van der Waals surface area contributed by atoms with E-state index in [9.17, 15) is 0 Å². The third kappa shape index (κ3) is 2.26. The molecule has 2 unspecified atom stereocenters. The van der Waals surface area contributed by atoms with Crippen LogP contribution in [0.1, 0.15) is 31.1 Å². The van der Waals surface area contributed by atoms with Gasteiger partial charge in [-0.2, -0.15) is 0 Å². The minimum absolute atomic E-state index is 0.158. The number of pyridine rings is 1. The molecule has 0 radical (unpaired) electrons. The Hall–Kier alpha value is -1.39. The highest BCUT2D eigenvalue weighted by Crippen LogP contribution is 2.34. The predicted octanol–water partition coefficient (Wildman–Crippen LogP) is 2.16. The highest BCUT2D eigenvalue weighted by molar-refractivity contribution is 5.40. The summed E-state index contributed by atoms with van der Waals surface area (Å²) in [6, 6.07) is 6.85. The zero-order valence-electron chi connectivity index (χ0n) is 11.0. The van der Waals surface area contributed by atoms with Crippen LogP contribution in [0.4, 0.5) is 0 Å². The first kappa shape index (κ1) is 11.4. The summed E-state index contributed by atoms with van der Waals surface area (Å²) in [5.74, 6) is 0.561. The molecule has 2 aromatic heterocycles. The highest BCUT2D eigenvalue weighted by atomic mass is 16.5. The van der Waals surface area contributed by atoms with Crippen molar-refractivity contribution in [3.05, 3.63) is 36.3 Å². The fraction of sp³-hybridized carbons (Fsp3) is 0.533. The third-order valence-electron chi connectivity index (χ3n) is 4.13. The van der Waals surface area contributed by atoms with Crippen LogP contribution in [0.25, 0.3) is 5.65 Å². The molecule has 100 valence electrons. The standard InChI is InChI=1S/C15H19N3O/c1-2-7-18-10-13(17-14(18)3-1)15-11(6-8-19-15)9-16-12-4-5-12/h1-3,7,10-12,15-16H,4-6,8-9H2. The molecule has 1 aliphatic carbocycles. The zero-order valence-corrected chi connectivity index (χ0v) is 11.0. The molecule has 1 N–H and O–H groups in total. The summed E-state index contributed by atoms with van der Waals surface area (Å²) in [5.41, 5.74) is 2.08. The SMILES string of the molecule is c1ccn2cc(C3OCCC3CNC3CC3)nc2c1. The third-order valence-corrected chi connectivity index (χ3v) is 4.13. The van der Waals surface area contributed by atoms with Gasteiger partial charge in [-0.15, -0.1) is 0 Å². The topological polar surface area (TPSA) is 38.6 Å². The molecule has 0 bridgehead atoms. The van der Waals surface area contributed by atoms with Crippen molar-refractivity contribution in [2.24, 2.45) is 5.92 Å². The van der Waals surface area contributed by atoms with Crippen LogP contribution in [0.3, 0.4) is 0 Å². The first-order valence-electron chi connectivity index (χ1n) is 7.19. The van der Waals surface area contributed by atoms with Gasteiger partial charge >= 0.3 is 0 Å². The summed E-state index contributed by atoms with van der Waals surface area (Å²) in [5, 5.41) is 3.62. The number of hydrogen-bond acceptors (Lipinski definition) is 3. The van der Waals surface area contributed by atoms with E-state index in [1.165, 1.54) is 12.8 Å². The molecule has 4 heteroatoms. The lowest BCUT2D eigenvalue weighted by molar-refractivity contribution is 0.0874. The molecule has 1 saturated heterocycles. The molecule has 3 heterocycles. The van der Waals surface area contributed by atoms with Gasteiger partial charge in [-0.1, -0.05) is 6.07 Å². The average molecular weight is 257 g/mol. The van der Waals surface area contributed by atoms with Crippen molar-refractivity contribution in [1.29, 1.82) is 0 Å². The summed E-state index contributed by atoms with van der Waals surface area (Å²) < 4.78 is 7.99. The van der Waals surface area contributed by atoms with Crippen LogP contribution in [0, 0.1) is 5.92 Å². The second-order valence-electron chi connectivity index (χ2n) is 5.65. The lowest BCUT2D eigenvalue weighted by Gasteiger charge is -2.16. The molecule has 4 nitrogen and oxygen atoms in total. The fourth-order valence-electron chi connectivity index (χ4n) is 2.87. The van der Waals surface area contributed by atoms with E-state index < -0.39 is 0 Å². The number of ether oxygens (including phenoxy) is 1. The van der Waals surface area contributed by atoms with Gasteiger partial charge in [0.25, 0.3) is 0 Å². The van der Waals surface area contributed by atoms with Crippen LogP contribution in [0.5, 0.6) is 0 Å². The number of hydrogen-bond donors (Lipinski definition) is 1. The Kier molecular flexibility index (Phi) is 2.78. The molecular formula is C15H19N3O. The molecule has 2 aliphatic rings. The second-order valence-corrected chi connectivity index (χ2v) is 5.65. The van der Waals surface area contributed by atoms with E-state index in [4.69, 9.17) is 9.72 Å². The summed E-state index contributed by atoms with van der Waals surface area (Å²) in [6.45, 7) is 1.92. The Morgan fingerprint density at radius 2 is 2.26 bits per heavy atom. The molecule has 2 atom stereocenters. The maximum atomic E-state index is 5.92. The van der Waals surface area contributed by atoms with Crippen molar-refractivity contribution < 1.29 is 4.74 Å². The minimum Gasteiger partial charge on any atom is -0.371 e. The van der Waals surface area contributed by atoms with Crippen LogP contribution < -0.4 is 5.32 Å². The normalized spacial score (nSPS) is 27.2. The predicted molar refractivity (Wildman–Crippen MR) is 73.0 cm³/mol. The van der Waals surface area contributed by atoms with E-state index >= 15 is 0 Å². The van der Waals surface area contributed by atoms with Crippen LogP contribution in [0.15, 0.2) is 30.6 Å². The molecule has 0 amide bonds. The van der Waals surface area contributed by atoms with Crippen molar-refractivity contribution in [3.63, 3.8) is 0 Å². The number of imidazole rings is 1. The summed E-state index contributed by atoms with van der Waals surface area (Å²) in [7, 11) is 0. The lowest BCUT2D eigenvalue weighted by Crippen LogP contribution is -2.26. The van der Waals surface area contributed by atoms with Crippen molar-refractivity contribution in [3.8, 4) is 0 Å². The van der Waals surface area contributed by atoms with E-state index in [0.717, 1.165) is 37.0 Å². The smallest absolute Gasteiger partial charge is 0.137 e. The number of nitrogens with one attached hydrogen (secondary N) is 1. The van der Waals surface area contributed by atoms with Crippen molar-refractivity contribution >= 4 is 5.65 Å². The maximum Gasteiger partial charge on any atom is 0.137 e. The first-order chi connectivity index (χ1) is 9.40. The van der Waals surface area contributed by atoms with Crippen LogP contribution >= 0.6 is 0 Å². The van der Waals surface area contributed by atoms with Gasteiger partial charge in [0, 0.05) is 37.5 Å². The quantitative estimate of drug-likeness (QED) is 0.912. The average Bonchev–Trinajstić information content (AvgIpc) is 3.00. The number of aromatic nitrogens is 2. The van der Waals surface area contributed by atoms with E-state index in [-0.39, 0.29) is 6.10 Å². The lowest BCUT2D eigenvalue weighted by atomic mass is 9.99. The summed E-state index contributed by atoms with van der Waals surface area (Å²) >= 11 is 0. The van der Waals surface area contributed by atoms with Gasteiger partial charge in [0.1, 0.15) is 11.8 Å². The molecule has 19 heavy (non-hydrogen) atoms. The van der Waals surface area contributed by atoms with Crippen molar-refractivity contribution in [1.82, 2.24) is 14.7 Å². The number of fused-ring (bicyclic) bond motifs is 1. The Morgan fingerprint density at radius 1 is 1.32 bits per heavy atom. The number of rotatable bonds is 4. The highest BCUT2D eigenvalue weighted by Gasteiger charge is 2.33.